The van der Waals surface area contributed by atoms with Crippen molar-refractivity contribution in [3.8, 4) is 0 Å². The number of carbonyl (C=O) groups excluding carboxylic acids is 1. The Labute approximate surface area is 116 Å². The highest BCUT2D eigenvalue weighted by atomic mass is 16.2. The van der Waals surface area contributed by atoms with Crippen molar-refractivity contribution in [2.24, 2.45) is 17.8 Å². The minimum atomic E-state index is -0.203. The third kappa shape index (κ3) is 2.26. The normalized spacial score (nSPS) is 35.0. The predicted octanol–water partition coefficient (Wildman–Crippen LogP) is 2.59. The molecule has 0 aromatic carbocycles. The molecule has 2 aliphatic rings. The maximum Gasteiger partial charge on any atom is 0.231 e. The predicted molar refractivity (Wildman–Crippen MR) is 76.9 cm³/mol. The molecule has 2 N–H and O–H groups in total. The average Bonchev–Trinajstić information content (AvgIpc) is 2.95. The first-order chi connectivity index (χ1) is 8.87. The lowest BCUT2D eigenvalue weighted by atomic mass is 9.86. The first kappa shape index (κ1) is 14.4. The van der Waals surface area contributed by atoms with Crippen LogP contribution in [0, 0.1) is 23.2 Å². The molecule has 0 aromatic heterocycles. The molecule has 1 saturated heterocycles. The van der Waals surface area contributed by atoms with Crippen molar-refractivity contribution in [3.05, 3.63) is 0 Å². The maximum atomic E-state index is 12.5. The molecule has 1 aliphatic heterocycles. The van der Waals surface area contributed by atoms with E-state index in [4.69, 9.17) is 5.41 Å². The zero-order chi connectivity index (χ0) is 14.4. The van der Waals surface area contributed by atoms with Crippen molar-refractivity contribution in [2.45, 2.75) is 65.5 Å². The summed E-state index contributed by atoms with van der Waals surface area (Å²) < 4.78 is 0. The van der Waals surface area contributed by atoms with Gasteiger partial charge in [0.25, 0.3) is 0 Å². The van der Waals surface area contributed by atoms with Crippen molar-refractivity contribution in [2.75, 3.05) is 0 Å². The van der Waals surface area contributed by atoms with Crippen molar-refractivity contribution < 1.29 is 4.79 Å². The second kappa shape index (κ2) is 4.80. The van der Waals surface area contributed by atoms with E-state index in [1.807, 2.05) is 0 Å². The summed E-state index contributed by atoms with van der Waals surface area (Å²) in [6.07, 6.45) is 2.29. The van der Waals surface area contributed by atoms with Crippen LogP contribution >= 0.6 is 0 Å². The third-order valence-corrected chi connectivity index (χ3v) is 5.60. The average molecular weight is 265 g/mol. The third-order valence-electron chi connectivity index (χ3n) is 5.60. The number of guanidine groups is 1. The highest BCUT2D eigenvalue weighted by Gasteiger charge is 2.51. The summed E-state index contributed by atoms with van der Waals surface area (Å²) in [5.74, 6) is 2.30. The summed E-state index contributed by atoms with van der Waals surface area (Å²) >= 11 is 0. The summed E-state index contributed by atoms with van der Waals surface area (Å²) in [5, 5.41) is 11.5. The smallest absolute Gasteiger partial charge is 0.231 e. The van der Waals surface area contributed by atoms with E-state index in [1.54, 1.807) is 4.90 Å². The number of rotatable bonds is 4. The Bertz CT molecular complexity index is 361. The molecule has 4 atom stereocenters. The van der Waals surface area contributed by atoms with Crippen molar-refractivity contribution in [3.63, 3.8) is 0 Å². The summed E-state index contributed by atoms with van der Waals surface area (Å²) in [5.41, 5.74) is -0.203. The van der Waals surface area contributed by atoms with Crippen molar-refractivity contribution in [1.82, 2.24) is 10.2 Å². The van der Waals surface area contributed by atoms with E-state index in [2.05, 4.69) is 39.9 Å². The van der Waals surface area contributed by atoms with Gasteiger partial charge in [0.05, 0.1) is 6.42 Å². The van der Waals surface area contributed by atoms with Crippen LogP contribution in [0.1, 0.15) is 53.9 Å². The molecule has 1 aliphatic carbocycles. The Balaban J connectivity index is 2.12. The Morgan fingerprint density at radius 2 is 1.89 bits per heavy atom. The summed E-state index contributed by atoms with van der Waals surface area (Å²) in [6, 6.07) is 0.143. The topological polar surface area (TPSA) is 56.2 Å². The Hall–Kier alpha value is -1.06. The molecule has 4 heteroatoms. The number of carbonyl (C=O) groups is 1. The lowest BCUT2D eigenvalue weighted by molar-refractivity contribution is -0.132. The number of hydrogen-bond donors (Lipinski definition) is 2. The van der Waals surface area contributed by atoms with Crippen LogP contribution in [-0.2, 0) is 4.79 Å². The van der Waals surface area contributed by atoms with E-state index in [9.17, 15) is 4.79 Å². The van der Waals surface area contributed by atoms with E-state index in [1.165, 1.54) is 0 Å². The van der Waals surface area contributed by atoms with E-state index >= 15 is 0 Å². The minimum Gasteiger partial charge on any atom is -0.350 e. The molecule has 0 spiro atoms. The molecule has 1 saturated carbocycles. The summed E-state index contributed by atoms with van der Waals surface area (Å²) in [7, 11) is 0. The quantitative estimate of drug-likeness (QED) is 0.821. The van der Waals surface area contributed by atoms with Gasteiger partial charge >= 0.3 is 0 Å². The molecule has 1 heterocycles. The van der Waals surface area contributed by atoms with Gasteiger partial charge in [0.15, 0.2) is 5.96 Å². The van der Waals surface area contributed by atoms with E-state index in [-0.39, 0.29) is 17.5 Å². The van der Waals surface area contributed by atoms with Gasteiger partial charge in [-0.3, -0.25) is 15.1 Å². The first-order valence-electron chi connectivity index (χ1n) is 7.55. The highest BCUT2D eigenvalue weighted by Crippen LogP contribution is 2.49. The van der Waals surface area contributed by atoms with Crippen molar-refractivity contribution in [1.29, 1.82) is 5.41 Å². The van der Waals surface area contributed by atoms with Crippen LogP contribution in [-0.4, -0.2) is 28.3 Å². The standard InChI is InChI=1S/C15H27N3O/c1-6-15(7-2)8-12(19)18(14(16)17-15)11(5)13-9(3)10(13)4/h9-11,13H,6-8H2,1-5H3,(H2,16,17)/t9-,10?,11-,13+/m1/s1. The molecule has 2 fully saturated rings. The summed E-state index contributed by atoms with van der Waals surface area (Å²) in [4.78, 5) is 14.2. The van der Waals surface area contributed by atoms with Gasteiger partial charge in [-0.2, -0.15) is 0 Å². The van der Waals surface area contributed by atoms with Gasteiger partial charge in [0.2, 0.25) is 5.91 Å². The van der Waals surface area contributed by atoms with Gasteiger partial charge < -0.3 is 5.32 Å². The Morgan fingerprint density at radius 3 is 2.26 bits per heavy atom. The van der Waals surface area contributed by atoms with Gasteiger partial charge in [0.1, 0.15) is 0 Å². The van der Waals surface area contributed by atoms with Gasteiger partial charge in [0, 0.05) is 11.6 Å². The van der Waals surface area contributed by atoms with Crippen LogP contribution in [0.3, 0.4) is 0 Å². The van der Waals surface area contributed by atoms with E-state index < -0.39 is 0 Å². The summed E-state index contributed by atoms with van der Waals surface area (Å²) in [6.45, 7) is 10.7. The first-order valence-corrected chi connectivity index (χ1v) is 7.55. The molecule has 0 radical (unpaired) electrons. The number of hydrogen-bond acceptors (Lipinski definition) is 2. The molecule has 4 nitrogen and oxygen atoms in total. The van der Waals surface area contributed by atoms with Crippen molar-refractivity contribution >= 4 is 11.9 Å². The van der Waals surface area contributed by atoms with Crippen LogP contribution in [0.4, 0.5) is 0 Å². The fourth-order valence-corrected chi connectivity index (χ4v) is 3.71. The molecular formula is C15H27N3O. The van der Waals surface area contributed by atoms with Crippen LogP contribution in [0.25, 0.3) is 0 Å². The van der Waals surface area contributed by atoms with Gasteiger partial charge in [-0.05, 0) is 37.5 Å². The van der Waals surface area contributed by atoms with Crippen LogP contribution in [0.15, 0.2) is 0 Å². The lowest BCUT2D eigenvalue weighted by Crippen LogP contribution is -2.64. The van der Waals surface area contributed by atoms with Crippen LogP contribution < -0.4 is 5.32 Å². The van der Waals surface area contributed by atoms with Gasteiger partial charge in [-0.25, -0.2) is 0 Å². The van der Waals surface area contributed by atoms with E-state index in [0.717, 1.165) is 12.8 Å². The molecule has 19 heavy (non-hydrogen) atoms. The minimum absolute atomic E-state index is 0.117. The second-order valence-corrected chi connectivity index (χ2v) is 6.44. The monoisotopic (exact) mass is 265 g/mol. The van der Waals surface area contributed by atoms with Gasteiger partial charge in [-0.1, -0.05) is 27.7 Å². The molecule has 1 amide bonds. The number of nitrogens with zero attached hydrogens (tertiary/aromatic N) is 1. The zero-order valence-electron chi connectivity index (χ0n) is 12.8. The fourth-order valence-electron chi connectivity index (χ4n) is 3.71. The Morgan fingerprint density at radius 1 is 1.37 bits per heavy atom. The second-order valence-electron chi connectivity index (χ2n) is 6.44. The lowest BCUT2D eigenvalue weighted by Gasteiger charge is -2.44. The van der Waals surface area contributed by atoms with E-state index in [0.29, 0.717) is 30.1 Å². The molecule has 1 unspecified atom stereocenters. The number of nitrogens with one attached hydrogen (secondary N) is 2. The van der Waals surface area contributed by atoms with Crippen LogP contribution in [0.2, 0.25) is 0 Å². The number of amides is 1. The fraction of sp³-hybridized carbons (Fsp3) is 0.867. The largest absolute Gasteiger partial charge is 0.350 e. The Kier molecular flexibility index (Phi) is 3.63. The SMILES string of the molecule is CCC1(CC)CC(=O)N([C@H](C)[C@@H]2C(C)[C@H]2C)C(=N)N1. The van der Waals surface area contributed by atoms with Gasteiger partial charge in [-0.15, -0.1) is 0 Å². The highest BCUT2D eigenvalue weighted by molar-refractivity contribution is 5.99. The molecule has 0 aromatic rings. The molecule has 2 rings (SSSR count). The zero-order valence-corrected chi connectivity index (χ0v) is 12.8. The molecule has 0 bridgehead atoms. The maximum absolute atomic E-state index is 12.5. The molecular weight excluding hydrogens is 238 g/mol. The van der Waals surface area contributed by atoms with Crippen LogP contribution in [0.5, 0.6) is 0 Å². The molecule has 108 valence electrons.